The molecule has 4 aliphatic heterocycles. The summed E-state index contributed by atoms with van der Waals surface area (Å²) in [6.45, 7) is 3.81. The quantitative estimate of drug-likeness (QED) is 0.832. The zero-order valence-corrected chi connectivity index (χ0v) is 14.6. The molecule has 5 rings (SSSR count). The highest BCUT2D eigenvalue weighted by atomic mass is 16.2. The van der Waals surface area contributed by atoms with Crippen molar-refractivity contribution in [1.29, 1.82) is 0 Å². The van der Waals surface area contributed by atoms with Crippen LogP contribution in [-0.2, 0) is 9.59 Å². The molecular formula is C20H25N3O2. The molecular weight excluding hydrogens is 314 g/mol. The fourth-order valence-corrected chi connectivity index (χ4v) is 5.33. The van der Waals surface area contributed by atoms with E-state index < -0.39 is 0 Å². The Bertz CT molecular complexity index is 675. The summed E-state index contributed by atoms with van der Waals surface area (Å²) >= 11 is 0. The highest BCUT2D eigenvalue weighted by molar-refractivity contribution is 5.81. The molecule has 0 radical (unpaired) electrons. The summed E-state index contributed by atoms with van der Waals surface area (Å²) < 4.78 is 0. The van der Waals surface area contributed by atoms with Gasteiger partial charge in [0, 0.05) is 44.7 Å². The van der Waals surface area contributed by atoms with E-state index in [4.69, 9.17) is 0 Å². The van der Waals surface area contributed by atoms with Gasteiger partial charge >= 0.3 is 0 Å². The Hall–Kier alpha value is -2.04. The largest absolute Gasteiger partial charge is 0.371 e. The Morgan fingerprint density at radius 2 is 1.28 bits per heavy atom. The Morgan fingerprint density at radius 1 is 0.760 bits per heavy atom. The highest BCUT2D eigenvalue weighted by Crippen LogP contribution is 2.47. The predicted octanol–water partition coefficient (Wildman–Crippen LogP) is 2.63. The van der Waals surface area contributed by atoms with Crippen molar-refractivity contribution in [2.24, 2.45) is 0 Å². The maximum Gasteiger partial charge on any atom is 0.223 e. The van der Waals surface area contributed by atoms with E-state index in [2.05, 4.69) is 32.9 Å². The lowest BCUT2D eigenvalue weighted by Gasteiger charge is -2.46. The van der Waals surface area contributed by atoms with Gasteiger partial charge in [-0.1, -0.05) is 18.2 Å². The van der Waals surface area contributed by atoms with Crippen LogP contribution in [0.5, 0.6) is 0 Å². The molecule has 0 saturated carbocycles. The number of nitrogens with zero attached hydrogens (tertiary/aromatic N) is 3. The maximum absolute atomic E-state index is 12.3. The van der Waals surface area contributed by atoms with Crippen LogP contribution in [0.25, 0.3) is 0 Å². The number of benzene rings is 1. The van der Waals surface area contributed by atoms with Gasteiger partial charge in [-0.2, -0.15) is 0 Å². The zero-order chi connectivity index (χ0) is 17.0. The minimum Gasteiger partial charge on any atom is -0.371 e. The fourth-order valence-electron chi connectivity index (χ4n) is 5.33. The minimum absolute atomic E-state index is 0.217. The van der Waals surface area contributed by atoms with E-state index in [1.54, 1.807) is 0 Å². The molecule has 1 unspecified atom stereocenters. The molecule has 4 heterocycles. The average Bonchev–Trinajstić information content (AvgIpc) is 3.24. The van der Waals surface area contributed by atoms with Gasteiger partial charge in [0.2, 0.25) is 11.8 Å². The molecule has 2 atom stereocenters. The molecule has 25 heavy (non-hydrogen) atoms. The second-order valence-corrected chi connectivity index (χ2v) is 7.76. The van der Waals surface area contributed by atoms with Crippen molar-refractivity contribution >= 4 is 17.5 Å². The van der Waals surface area contributed by atoms with Crippen molar-refractivity contribution in [1.82, 2.24) is 9.80 Å². The molecule has 1 aromatic rings. The van der Waals surface area contributed by atoms with Crippen LogP contribution in [0.15, 0.2) is 18.2 Å². The average molecular weight is 339 g/mol. The number of hydrogen-bond donors (Lipinski definition) is 0. The van der Waals surface area contributed by atoms with Gasteiger partial charge in [-0.25, -0.2) is 0 Å². The van der Waals surface area contributed by atoms with Gasteiger partial charge in [-0.3, -0.25) is 9.59 Å². The Morgan fingerprint density at radius 3 is 1.72 bits per heavy atom. The lowest BCUT2D eigenvalue weighted by Crippen LogP contribution is -2.44. The van der Waals surface area contributed by atoms with Crippen LogP contribution in [0.4, 0.5) is 5.69 Å². The number of rotatable bonds is 2. The molecule has 1 aromatic carbocycles. The summed E-state index contributed by atoms with van der Waals surface area (Å²) in [5.74, 6) is 0.608. The van der Waals surface area contributed by atoms with Crippen molar-refractivity contribution in [3.8, 4) is 0 Å². The Balaban J connectivity index is 1.56. The van der Waals surface area contributed by atoms with Crippen molar-refractivity contribution < 1.29 is 9.59 Å². The second-order valence-electron chi connectivity index (χ2n) is 7.76. The normalized spacial score (nSPS) is 28.7. The standard InChI is InChI=1S/C20H25N3O2/c24-18-6-2-10-22(18)16-8-12-21-13-9-17(23-11-3-7-19(23)25)15-5-1-4-14(16)20(15)21/h1,4-5,16-17H,2-3,6-13H2/t16-,17?/m0/s1. The van der Waals surface area contributed by atoms with E-state index >= 15 is 0 Å². The molecule has 2 fully saturated rings. The molecule has 2 amide bonds. The minimum atomic E-state index is 0.217. The van der Waals surface area contributed by atoms with Crippen LogP contribution in [-0.4, -0.2) is 47.8 Å². The van der Waals surface area contributed by atoms with E-state index in [0.717, 1.165) is 51.9 Å². The van der Waals surface area contributed by atoms with Crippen LogP contribution >= 0.6 is 0 Å². The summed E-state index contributed by atoms with van der Waals surface area (Å²) in [7, 11) is 0. The van der Waals surface area contributed by atoms with E-state index in [9.17, 15) is 9.59 Å². The van der Waals surface area contributed by atoms with Gasteiger partial charge in [-0.15, -0.1) is 0 Å². The Labute approximate surface area is 148 Å². The summed E-state index contributed by atoms with van der Waals surface area (Å²) in [4.78, 5) is 31.3. The molecule has 132 valence electrons. The fraction of sp³-hybridized carbons (Fsp3) is 0.600. The number of para-hydroxylation sites is 1. The third-order valence-corrected chi connectivity index (χ3v) is 6.45. The topological polar surface area (TPSA) is 43.9 Å². The van der Waals surface area contributed by atoms with Gasteiger partial charge < -0.3 is 14.7 Å². The summed E-state index contributed by atoms with van der Waals surface area (Å²) in [6, 6.07) is 6.97. The molecule has 4 aliphatic rings. The van der Waals surface area contributed by atoms with Gasteiger partial charge in [0.1, 0.15) is 0 Å². The highest BCUT2D eigenvalue weighted by Gasteiger charge is 2.40. The zero-order valence-electron chi connectivity index (χ0n) is 14.6. The molecule has 0 spiro atoms. The lowest BCUT2D eigenvalue weighted by atomic mass is 9.85. The molecule has 0 bridgehead atoms. The van der Waals surface area contributed by atoms with Crippen molar-refractivity contribution in [2.45, 2.75) is 50.6 Å². The maximum atomic E-state index is 12.3. The first kappa shape index (κ1) is 15.2. The van der Waals surface area contributed by atoms with Crippen molar-refractivity contribution in [3.05, 3.63) is 29.3 Å². The van der Waals surface area contributed by atoms with Gasteiger partial charge in [0.05, 0.1) is 12.1 Å². The summed E-state index contributed by atoms with van der Waals surface area (Å²) in [5, 5.41) is 0. The smallest absolute Gasteiger partial charge is 0.223 e. The molecule has 0 aromatic heterocycles. The number of carbonyl (C=O) groups excluding carboxylic acids is 2. The lowest BCUT2D eigenvalue weighted by molar-refractivity contribution is -0.130. The summed E-state index contributed by atoms with van der Waals surface area (Å²) in [6.07, 6.45) is 5.41. The second kappa shape index (κ2) is 5.75. The summed E-state index contributed by atoms with van der Waals surface area (Å²) in [5.41, 5.74) is 3.92. The number of likely N-dealkylation sites (tertiary alicyclic amines) is 2. The van der Waals surface area contributed by atoms with E-state index in [1.807, 2.05) is 0 Å². The number of hydrogen-bond acceptors (Lipinski definition) is 3. The molecule has 5 heteroatoms. The first-order chi connectivity index (χ1) is 12.2. The Kier molecular flexibility index (Phi) is 3.50. The van der Waals surface area contributed by atoms with Crippen LogP contribution in [0.1, 0.15) is 61.7 Å². The number of amides is 2. The van der Waals surface area contributed by atoms with E-state index in [1.165, 1.54) is 16.8 Å². The van der Waals surface area contributed by atoms with Crippen molar-refractivity contribution in [3.63, 3.8) is 0 Å². The van der Waals surface area contributed by atoms with Crippen molar-refractivity contribution in [2.75, 3.05) is 31.1 Å². The van der Waals surface area contributed by atoms with Crippen LogP contribution in [0.3, 0.4) is 0 Å². The van der Waals surface area contributed by atoms with Crippen LogP contribution in [0, 0.1) is 0 Å². The first-order valence-corrected chi connectivity index (χ1v) is 9.71. The molecule has 5 nitrogen and oxygen atoms in total. The number of anilines is 1. The van der Waals surface area contributed by atoms with E-state index in [-0.39, 0.29) is 12.1 Å². The molecule has 0 aliphatic carbocycles. The monoisotopic (exact) mass is 339 g/mol. The molecule has 2 saturated heterocycles. The number of carbonyl (C=O) groups is 2. The predicted molar refractivity (Wildman–Crippen MR) is 95.3 cm³/mol. The third-order valence-electron chi connectivity index (χ3n) is 6.45. The third kappa shape index (κ3) is 2.28. The SMILES string of the molecule is O=C1CCCN1C1CCN2CC[C@H](N3CCCC3=O)c3cccc1c32. The van der Waals surface area contributed by atoms with Gasteiger partial charge in [-0.05, 0) is 36.8 Å². The van der Waals surface area contributed by atoms with Crippen LogP contribution < -0.4 is 4.90 Å². The van der Waals surface area contributed by atoms with Gasteiger partial charge in [0.25, 0.3) is 0 Å². The molecule has 0 N–H and O–H groups in total. The first-order valence-electron chi connectivity index (χ1n) is 9.71. The van der Waals surface area contributed by atoms with Gasteiger partial charge in [0.15, 0.2) is 0 Å². The van der Waals surface area contributed by atoms with E-state index in [0.29, 0.717) is 24.7 Å². The van der Waals surface area contributed by atoms with Crippen LogP contribution in [0.2, 0.25) is 0 Å².